The van der Waals surface area contributed by atoms with E-state index in [2.05, 4.69) is 18.9 Å². The van der Waals surface area contributed by atoms with Gasteiger partial charge in [-0.3, -0.25) is 0 Å². The van der Waals surface area contributed by atoms with Gasteiger partial charge in [-0.05, 0) is 32.5 Å². The van der Waals surface area contributed by atoms with Crippen LogP contribution in [0.1, 0.15) is 18.2 Å². The molecule has 0 bridgehead atoms. The maximum atomic E-state index is 10.4. The van der Waals surface area contributed by atoms with Crippen molar-refractivity contribution in [2.45, 2.75) is 31.4 Å². The third-order valence-electron chi connectivity index (χ3n) is 3.10. The van der Waals surface area contributed by atoms with E-state index >= 15 is 0 Å². The van der Waals surface area contributed by atoms with Crippen LogP contribution < -0.4 is 0 Å². The van der Waals surface area contributed by atoms with Gasteiger partial charge in [-0.25, -0.2) is 0 Å². The van der Waals surface area contributed by atoms with Gasteiger partial charge in [-0.15, -0.1) is 11.3 Å². The predicted molar refractivity (Wildman–Crippen MR) is 64.7 cm³/mol. The molecule has 1 aliphatic heterocycles. The van der Waals surface area contributed by atoms with Crippen LogP contribution in [0.25, 0.3) is 0 Å². The summed E-state index contributed by atoms with van der Waals surface area (Å²) in [4.78, 5) is 3.37. The van der Waals surface area contributed by atoms with Crippen molar-refractivity contribution in [3.05, 3.63) is 21.3 Å². The van der Waals surface area contributed by atoms with Gasteiger partial charge in [-0.1, -0.05) is 11.6 Å². The van der Waals surface area contributed by atoms with Crippen LogP contribution in [-0.2, 0) is 6.42 Å². The van der Waals surface area contributed by atoms with Crippen molar-refractivity contribution in [2.24, 2.45) is 0 Å². The Bertz CT molecular complexity index is 342. The van der Waals surface area contributed by atoms with Crippen molar-refractivity contribution in [3.8, 4) is 0 Å². The van der Waals surface area contributed by atoms with Crippen molar-refractivity contribution in [1.82, 2.24) is 4.90 Å². The molecule has 2 atom stereocenters. The average molecular weight is 246 g/mol. The van der Waals surface area contributed by atoms with Crippen molar-refractivity contribution < 1.29 is 5.11 Å². The molecule has 1 saturated heterocycles. The molecule has 0 spiro atoms. The lowest BCUT2D eigenvalue weighted by Crippen LogP contribution is -2.34. The molecule has 15 heavy (non-hydrogen) atoms. The van der Waals surface area contributed by atoms with E-state index < -0.39 is 5.60 Å². The molecule has 1 fully saturated rings. The molecule has 1 aromatic heterocycles. The second-order valence-electron chi connectivity index (χ2n) is 4.58. The first kappa shape index (κ1) is 11.4. The Kier molecular flexibility index (Phi) is 3.08. The fraction of sp³-hybridized carbons (Fsp3) is 0.636. The Morgan fingerprint density at radius 1 is 1.67 bits per heavy atom. The van der Waals surface area contributed by atoms with Gasteiger partial charge in [0.25, 0.3) is 0 Å². The first-order valence-electron chi connectivity index (χ1n) is 5.15. The summed E-state index contributed by atoms with van der Waals surface area (Å²) in [6.07, 6.45) is 1.57. The van der Waals surface area contributed by atoms with Gasteiger partial charge >= 0.3 is 0 Å². The Labute approximate surface area is 99.5 Å². The monoisotopic (exact) mass is 245 g/mol. The second kappa shape index (κ2) is 4.06. The van der Waals surface area contributed by atoms with E-state index in [9.17, 15) is 5.11 Å². The smallest absolute Gasteiger partial charge is 0.0931 e. The fourth-order valence-electron chi connectivity index (χ4n) is 2.29. The minimum atomic E-state index is -0.567. The standard InChI is InChI=1S/C11H16ClNOS/c1-8-5-11(14,7-13(8)2)6-9-3-4-10(12)15-9/h3-4,8,14H,5-7H2,1-2H3. The van der Waals surface area contributed by atoms with Crippen LogP contribution in [0.3, 0.4) is 0 Å². The number of rotatable bonds is 2. The fourth-order valence-corrected chi connectivity index (χ4v) is 3.51. The lowest BCUT2D eigenvalue weighted by Gasteiger charge is -2.21. The molecule has 0 aromatic carbocycles. The molecule has 1 aliphatic rings. The van der Waals surface area contributed by atoms with Crippen LogP contribution in [0, 0.1) is 0 Å². The van der Waals surface area contributed by atoms with Crippen LogP contribution in [0.4, 0.5) is 0 Å². The third-order valence-corrected chi connectivity index (χ3v) is 4.33. The normalized spacial score (nSPS) is 32.4. The summed E-state index contributed by atoms with van der Waals surface area (Å²) in [6.45, 7) is 2.91. The predicted octanol–water partition coefficient (Wildman–Crippen LogP) is 2.40. The van der Waals surface area contributed by atoms with Gasteiger partial charge in [0.1, 0.15) is 0 Å². The van der Waals surface area contributed by atoms with E-state index in [1.54, 1.807) is 11.3 Å². The molecule has 0 aliphatic carbocycles. The molecule has 1 N–H and O–H groups in total. The van der Waals surface area contributed by atoms with Gasteiger partial charge in [0.15, 0.2) is 0 Å². The van der Waals surface area contributed by atoms with E-state index in [4.69, 9.17) is 11.6 Å². The van der Waals surface area contributed by atoms with Gasteiger partial charge in [0.2, 0.25) is 0 Å². The Balaban J connectivity index is 2.06. The zero-order chi connectivity index (χ0) is 11.1. The summed E-state index contributed by atoms with van der Waals surface area (Å²) in [5.74, 6) is 0. The van der Waals surface area contributed by atoms with Crippen LogP contribution in [0.5, 0.6) is 0 Å². The van der Waals surface area contributed by atoms with Crippen molar-refractivity contribution in [3.63, 3.8) is 0 Å². The summed E-state index contributed by atoms with van der Waals surface area (Å²) < 4.78 is 0.799. The molecular formula is C11H16ClNOS. The van der Waals surface area contributed by atoms with Gasteiger partial charge in [0.05, 0.1) is 9.94 Å². The zero-order valence-corrected chi connectivity index (χ0v) is 10.6. The lowest BCUT2D eigenvalue weighted by molar-refractivity contribution is 0.0528. The first-order chi connectivity index (χ1) is 6.98. The minimum Gasteiger partial charge on any atom is -0.388 e. The van der Waals surface area contributed by atoms with E-state index in [0.29, 0.717) is 6.04 Å². The minimum absolute atomic E-state index is 0.463. The lowest BCUT2D eigenvalue weighted by atomic mass is 9.96. The Hall–Kier alpha value is -0.0900. The largest absolute Gasteiger partial charge is 0.388 e. The second-order valence-corrected chi connectivity index (χ2v) is 6.37. The van der Waals surface area contributed by atoms with E-state index in [0.717, 1.165) is 23.7 Å². The summed E-state index contributed by atoms with van der Waals surface area (Å²) in [5, 5.41) is 10.4. The number of hydrogen-bond donors (Lipinski definition) is 1. The van der Waals surface area contributed by atoms with Crippen molar-refractivity contribution in [2.75, 3.05) is 13.6 Å². The van der Waals surface area contributed by atoms with E-state index in [1.807, 2.05) is 12.1 Å². The van der Waals surface area contributed by atoms with E-state index in [-0.39, 0.29) is 0 Å². The molecule has 2 rings (SSSR count). The third kappa shape index (κ3) is 2.53. The van der Waals surface area contributed by atoms with Crippen molar-refractivity contribution >= 4 is 22.9 Å². The highest BCUT2D eigenvalue weighted by atomic mass is 35.5. The van der Waals surface area contributed by atoms with Crippen LogP contribution in [-0.4, -0.2) is 35.2 Å². The highest BCUT2D eigenvalue weighted by Crippen LogP contribution is 2.32. The number of hydrogen-bond acceptors (Lipinski definition) is 3. The Morgan fingerprint density at radius 3 is 2.87 bits per heavy atom. The van der Waals surface area contributed by atoms with Crippen molar-refractivity contribution in [1.29, 1.82) is 0 Å². The first-order valence-corrected chi connectivity index (χ1v) is 6.35. The van der Waals surface area contributed by atoms with Crippen LogP contribution in [0.15, 0.2) is 12.1 Å². The highest BCUT2D eigenvalue weighted by molar-refractivity contribution is 7.16. The molecular weight excluding hydrogens is 230 g/mol. The number of β-amino-alcohol motifs (C(OH)–C–C–N with tert-alkyl or cyclic N) is 1. The van der Waals surface area contributed by atoms with Crippen LogP contribution >= 0.6 is 22.9 Å². The molecule has 1 aromatic rings. The molecule has 84 valence electrons. The SMILES string of the molecule is CC1CC(O)(Cc2ccc(Cl)s2)CN1C. The zero-order valence-electron chi connectivity index (χ0n) is 9.03. The number of nitrogens with zero attached hydrogens (tertiary/aromatic N) is 1. The Morgan fingerprint density at radius 2 is 2.40 bits per heavy atom. The maximum absolute atomic E-state index is 10.4. The topological polar surface area (TPSA) is 23.5 Å². The number of thiophene rings is 1. The van der Waals surface area contributed by atoms with Gasteiger partial charge in [0, 0.05) is 23.9 Å². The van der Waals surface area contributed by atoms with Gasteiger partial charge < -0.3 is 10.0 Å². The highest BCUT2D eigenvalue weighted by Gasteiger charge is 2.39. The molecule has 0 saturated carbocycles. The summed E-state index contributed by atoms with van der Waals surface area (Å²) >= 11 is 7.44. The average Bonchev–Trinajstić information content (AvgIpc) is 2.59. The maximum Gasteiger partial charge on any atom is 0.0931 e. The number of likely N-dealkylation sites (tertiary alicyclic amines) is 1. The number of likely N-dealkylation sites (N-methyl/N-ethyl adjacent to an activating group) is 1. The molecule has 2 heterocycles. The summed E-state index contributed by atoms with van der Waals surface area (Å²) in [6, 6.07) is 4.37. The molecule has 4 heteroatoms. The van der Waals surface area contributed by atoms with Gasteiger partial charge in [-0.2, -0.15) is 0 Å². The van der Waals surface area contributed by atoms with E-state index in [1.165, 1.54) is 4.88 Å². The molecule has 2 unspecified atom stereocenters. The summed E-state index contributed by atoms with van der Waals surface area (Å²) in [7, 11) is 2.06. The molecule has 2 nitrogen and oxygen atoms in total. The molecule has 0 radical (unpaired) electrons. The number of aliphatic hydroxyl groups is 1. The molecule has 0 amide bonds. The summed E-state index contributed by atoms with van der Waals surface area (Å²) in [5.41, 5.74) is -0.567. The quantitative estimate of drug-likeness (QED) is 0.865. The van der Waals surface area contributed by atoms with Crippen LogP contribution in [0.2, 0.25) is 4.34 Å². The number of halogens is 1.